The summed E-state index contributed by atoms with van der Waals surface area (Å²) >= 11 is 0. The van der Waals surface area contributed by atoms with Crippen LogP contribution in [0.4, 0.5) is 44.6 Å². The molecule has 496 valence electrons. The van der Waals surface area contributed by atoms with Crippen molar-refractivity contribution in [1.29, 1.82) is 0 Å². The van der Waals surface area contributed by atoms with Gasteiger partial charge in [0.25, 0.3) is 21.8 Å². The molecule has 2 fully saturated rings. The molecule has 0 spiro atoms. The van der Waals surface area contributed by atoms with Gasteiger partial charge in [0, 0.05) is 143 Å². The standard InChI is InChI=1S/C41H45N5O4S.C37H40N4O4/c1-29(2)50-39-16-6-5-14-38(39)45-24-22-44(23-25-45)28-30-10-7-11-32(26-30)41(47)46-21-20-31-27-33(18-19-36(31)46)42-51(48,49)40-17-9-12-34-35(40)13-8-15-37(34)43(3)4;1-26(2)44-35-10-5-4-9-34(35)40-21-19-39(20-22-40)25-28-7-6-8-30(23-28)36(42)41-18-17-29-24-31(13-16-33(29)41)38-37(43)45-32-14-11-27(3)12-15-32/h5-19,26-27,29,42H,20-25,28H2,1-4H3;4-16,23-24,26H,17-22,25H2,1-3H3,(H,38,43). The first-order valence-corrected chi connectivity index (χ1v) is 34.7. The molecular weight excluding hydrogens is 1220 g/mol. The number of nitrogens with one attached hydrogen (secondary N) is 2. The van der Waals surface area contributed by atoms with E-state index in [0.717, 1.165) is 145 Å². The predicted molar refractivity (Wildman–Crippen MR) is 386 cm³/mol. The fraction of sp³-hybridized carbons (Fsp3) is 0.295. The molecule has 9 aromatic rings. The van der Waals surface area contributed by atoms with Gasteiger partial charge in [0.2, 0.25) is 0 Å². The fourth-order valence-corrected chi connectivity index (χ4v) is 14.5. The first-order valence-electron chi connectivity index (χ1n) is 33.2. The number of ether oxygens (including phenoxy) is 3. The van der Waals surface area contributed by atoms with Crippen LogP contribution in [0.2, 0.25) is 0 Å². The largest absolute Gasteiger partial charge is 0.489 e. The Morgan fingerprint density at radius 3 is 1.49 bits per heavy atom. The van der Waals surface area contributed by atoms with Gasteiger partial charge in [0.15, 0.2) is 0 Å². The van der Waals surface area contributed by atoms with Gasteiger partial charge in [-0.25, -0.2) is 13.2 Å². The smallest absolute Gasteiger partial charge is 0.417 e. The van der Waals surface area contributed by atoms with E-state index in [4.69, 9.17) is 14.2 Å². The van der Waals surface area contributed by atoms with Crippen LogP contribution in [0.25, 0.3) is 10.8 Å². The Morgan fingerprint density at radius 2 is 0.969 bits per heavy atom. The lowest BCUT2D eigenvalue weighted by atomic mass is 10.1. The summed E-state index contributed by atoms with van der Waals surface area (Å²) in [6.45, 7) is 20.2. The third-order valence-electron chi connectivity index (χ3n) is 17.8. The second-order valence-electron chi connectivity index (χ2n) is 25.8. The van der Waals surface area contributed by atoms with Crippen molar-refractivity contribution in [3.05, 3.63) is 233 Å². The van der Waals surface area contributed by atoms with E-state index in [-0.39, 0.29) is 28.9 Å². The highest BCUT2D eigenvalue weighted by molar-refractivity contribution is 7.93. The van der Waals surface area contributed by atoms with Gasteiger partial charge in [0.1, 0.15) is 17.2 Å². The minimum absolute atomic E-state index is 0.0123. The van der Waals surface area contributed by atoms with E-state index in [0.29, 0.717) is 53.1 Å². The molecule has 4 aliphatic rings. The van der Waals surface area contributed by atoms with Gasteiger partial charge in [-0.05, 0) is 179 Å². The van der Waals surface area contributed by atoms with Crippen LogP contribution >= 0.6 is 0 Å². The summed E-state index contributed by atoms with van der Waals surface area (Å²) in [4.78, 5) is 55.4. The third kappa shape index (κ3) is 15.6. The molecule has 18 heteroatoms. The molecule has 3 amide bonds. The molecule has 17 nitrogen and oxygen atoms in total. The van der Waals surface area contributed by atoms with Crippen molar-refractivity contribution in [2.45, 2.75) is 77.7 Å². The van der Waals surface area contributed by atoms with Crippen molar-refractivity contribution in [2.75, 3.05) is 114 Å². The van der Waals surface area contributed by atoms with Crippen LogP contribution in [0.3, 0.4) is 0 Å². The lowest BCUT2D eigenvalue weighted by molar-refractivity contribution is 0.0981. The van der Waals surface area contributed by atoms with E-state index < -0.39 is 16.1 Å². The number of fused-ring (bicyclic) bond motifs is 3. The zero-order valence-electron chi connectivity index (χ0n) is 55.8. The summed E-state index contributed by atoms with van der Waals surface area (Å²) in [5.74, 6) is 2.28. The molecule has 4 heterocycles. The van der Waals surface area contributed by atoms with Crippen molar-refractivity contribution in [3.63, 3.8) is 0 Å². The maximum atomic E-state index is 13.8. The number of amides is 3. The molecule has 0 atom stereocenters. The molecule has 13 rings (SSSR count). The van der Waals surface area contributed by atoms with Gasteiger partial charge >= 0.3 is 6.09 Å². The molecule has 0 bridgehead atoms. The summed E-state index contributed by atoms with van der Waals surface area (Å²) < 4.78 is 47.6. The number of aryl methyl sites for hydroxylation is 1. The lowest BCUT2D eigenvalue weighted by Crippen LogP contribution is -2.46. The van der Waals surface area contributed by atoms with Gasteiger partial charge in [0.05, 0.1) is 28.5 Å². The topological polar surface area (TPSA) is 160 Å². The molecule has 9 aromatic carbocycles. The first kappa shape index (κ1) is 66.2. The van der Waals surface area contributed by atoms with Gasteiger partial charge < -0.3 is 38.7 Å². The van der Waals surface area contributed by atoms with E-state index in [1.165, 1.54) is 0 Å². The SMILES string of the molecule is CC(C)Oc1ccccc1N1CCN(Cc2cccc(C(=O)N3CCc4cc(NS(=O)(=O)c5cccc6c(N(C)C)cccc56)ccc43)c2)CC1.Cc1ccc(OC(=O)Nc2ccc3c(c2)CCN3C(=O)c2cccc(CN3CCN(c4ccccc4OC(C)C)CC3)c2)cc1. The number of anilines is 7. The van der Waals surface area contributed by atoms with Crippen molar-refractivity contribution >= 4 is 78.5 Å². The number of para-hydroxylation sites is 4. The number of nitrogens with zero attached hydrogens (tertiary/aromatic N) is 7. The predicted octanol–water partition coefficient (Wildman–Crippen LogP) is 13.9. The van der Waals surface area contributed by atoms with Crippen LogP contribution in [0.15, 0.2) is 199 Å². The Kier molecular flexibility index (Phi) is 20.3. The van der Waals surface area contributed by atoms with Crippen LogP contribution in [0, 0.1) is 6.92 Å². The molecule has 0 aliphatic carbocycles. The Labute approximate surface area is 564 Å². The van der Waals surface area contributed by atoms with Crippen molar-refractivity contribution < 1.29 is 37.0 Å². The number of benzene rings is 9. The van der Waals surface area contributed by atoms with E-state index in [9.17, 15) is 22.8 Å². The fourth-order valence-electron chi connectivity index (χ4n) is 13.2. The van der Waals surface area contributed by atoms with Crippen LogP contribution in [0.1, 0.15) is 76.2 Å². The summed E-state index contributed by atoms with van der Waals surface area (Å²) in [5, 5.41) is 4.33. The molecule has 0 saturated carbocycles. The summed E-state index contributed by atoms with van der Waals surface area (Å²) in [7, 11) is 0.00983. The zero-order valence-corrected chi connectivity index (χ0v) is 56.7. The number of hydrogen-bond acceptors (Lipinski definition) is 13. The number of carbonyl (C=O) groups is 3. The highest BCUT2D eigenvalue weighted by atomic mass is 32.2. The molecule has 4 aliphatic heterocycles. The van der Waals surface area contributed by atoms with Crippen LogP contribution in [-0.4, -0.2) is 128 Å². The van der Waals surface area contributed by atoms with Crippen LogP contribution in [0.5, 0.6) is 17.2 Å². The second-order valence-corrected chi connectivity index (χ2v) is 27.4. The number of carbonyl (C=O) groups excluding carboxylic acids is 3. The quantitative estimate of drug-likeness (QED) is 0.0836. The average molecular weight is 1310 g/mol. The number of hydrogen-bond donors (Lipinski definition) is 2. The lowest BCUT2D eigenvalue weighted by Gasteiger charge is -2.37. The molecule has 0 radical (unpaired) electrons. The molecule has 0 unspecified atom stereocenters. The minimum atomic E-state index is -3.87. The van der Waals surface area contributed by atoms with Gasteiger partial charge in [-0.1, -0.05) is 90.5 Å². The maximum absolute atomic E-state index is 13.8. The maximum Gasteiger partial charge on any atom is 0.417 e. The van der Waals surface area contributed by atoms with E-state index in [2.05, 4.69) is 79.9 Å². The number of rotatable bonds is 18. The average Bonchev–Trinajstić information content (AvgIpc) is 0.921. The zero-order chi connectivity index (χ0) is 67.0. The van der Waals surface area contributed by atoms with Crippen molar-refractivity contribution in [3.8, 4) is 17.2 Å². The first-order chi connectivity index (χ1) is 46.4. The monoisotopic (exact) mass is 1310 g/mol. The Balaban J connectivity index is 0.000000185. The second kappa shape index (κ2) is 29.4. The third-order valence-corrected chi connectivity index (χ3v) is 19.3. The minimum Gasteiger partial charge on any atom is -0.489 e. The summed E-state index contributed by atoms with van der Waals surface area (Å²) in [5.41, 5.74) is 12.6. The summed E-state index contributed by atoms with van der Waals surface area (Å²) in [6, 6.07) is 61.8. The highest BCUT2D eigenvalue weighted by Gasteiger charge is 2.30. The molecule has 2 N–H and O–H groups in total. The van der Waals surface area contributed by atoms with Crippen LogP contribution < -0.4 is 48.7 Å². The molecule has 0 aromatic heterocycles. The molecule has 96 heavy (non-hydrogen) atoms. The molecular formula is C78H85N9O8S. The van der Waals surface area contributed by atoms with Gasteiger partial charge in [-0.15, -0.1) is 0 Å². The normalized spacial score (nSPS) is 14.8. The highest BCUT2D eigenvalue weighted by Crippen LogP contribution is 2.37. The Morgan fingerprint density at radius 1 is 0.490 bits per heavy atom. The summed E-state index contributed by atoms with van der Waals surface area (Å²) in [6.07, 6.45) is 1.07. The van der Waals surface area contributed by atoms with Gasteiger partial charge in [-0.2, -0.15) is 0 Å². The van der Waals surface area contributed by atoms with E-state index >= 15 is 0 Å². The van der Waals surface area contributed by atoms with Gasteiger partial charge in [-0.3, -0.25) is 29.4 Å². The van der Waals surface area contributed by atoms with E-state index in [1.807, 2.05) is 172 Å². The van der Waals surface area contributed by atoms with E-state index in [1.54, 1.807) is 35.2 Å². The Bertz CT molecular complexity index is 4390. The van der Waals surface area contributed by atoms with Crippen molar-refractivity contribution in [1.82, 2.24) is 9.80 Å². The van der Waals surface area contributed by atoms with Crippen LogP contribution in [-0.2, 0) is 36.0 Å². The number of piperazine rings is 2. The Hall–Kier alpha value is -9.88. The molecule has 2 saturated heterocycles. The van der Waals surface area contributed by atoms with Crippen molar-refractivity contribution in [2.24, 2.45) is 0 Å². The number of sulfonamides is 1.